The molecule has 0 unspecified atom stereocenters. The molecule has 2 rings (SSSR count). The van der Waals surface area contributed by atoms with Crippen LogP contribution >= 0.6 is 0 Å². The Labute approximate surface area is 122 Å². The SMILES string of the molecule is CC(C)CCN(C)CC(=O)N1CCC2(CC1)OCCO2. The lowest BCUT2D eigenvalue weighted by Crippen LogP contribution is -2.49. The van der Waals surface area contributed by atoms with Gasteiger partial charge in [0.05, 0.1) is 19.8 Å². The van der Waals surface area contributed by atoms with E-state index in [1.165, 1.54) is 0 Å². The summed E-state index contributed by atoms with van der Waals surface area (Å²) in [6.07, 6.45) is 2.73. The maximum absolute atomic E-state index is 12.3. The van der Waals surface area contributed by atoms with Gasteiger partial charge in [-0.05, 0) is 25.9 Å². The molecule has 0 bridgehead atoms. The summed E-state index contributed by atoms with van der Waals surface area (Å²) in [6.45, 7) is 8.78. The van der Waals surface area contributed by atoms with Crippen LogP contribution < -0.4 is 0 Å². The van der Waals surface area contributed by atoms with Crippen LogP contribution in [0.1, 0.15) is 33.1 Å². The van der Waals surface area contributed by atoms with Gasteiger partial charge in [0.2, 0.25) is 5.91 Å². The summed E-state index contributed by atoms with van der Waals surface area (Å²) < 4.78 is 11.4. The molecule has 5 heteroatoms. The van der Waals surface area contributed by atoms with Gasteiger partial charge in [0.15, 0.2) is 5.79 Å². The number of carbonyl (C=O) groups excluding carboxylic acids is 1. The number of rotatable bonds is 5. The highest BCUT2D eigenvalue weighted by molar-refractivity contribution is 5.78. The van der Waals surface area contributed by atoms with Gasteiger partial charge in [-0.1, -0.05) is 13.8 Å². The lowest BCUT2D eigenvalue weighted by Gasteiger charge is -2.38. The third kappa shape index (κ3) is 4.17. The van der Waals surface area contributed by atoms with Gasteiger partial charge in [0, 0.05) is 25.9 Å². The molecule has 5 nitrogen and oxygen atoms in total. The Morgan fingerprint density at radius 2 is 1.85 bits per heavy atom. The van der Waals surface area contributed by atoms with Gasteiger partial charge in [-0.25, -0.2) is 0 Å². The second kappa shape index (κ2) is 6.87. The number of likely N-dealkylation sites (tertiary alicyclic amines) is 1. The van der Waals surface area contributed by atoms with E-state index in [4.69, 9.17) is 9.47 Å². The molecule has 2 heterocycles. The fourth-order valence-corrected chi connectivity index (χ4v) is 2.77. The number of nitrogens with zero attached hydrogens (tertiary/aromatic N) is 2. The van der Waals surface area contributed by atoms with Gasteiger partial charge in [0.1, 0.15) is 0 Å². The maximum atomic E-state index is 12.3. The molecule has 0 aromatic heterocycles. The second-order valence-corrected chi connectivity index (χ2v) is 6.41. The Morgan fingerprint density at radius 1 is 1.25 bits per heavy atom. The standard InChI is InChI=1S/C15H28N2O3/c1-13(2)4-7-16(3)12-14(18)17-8-5-15(6-9-17)19-10-11-20-15/h13H,4-12H2,1-3H3. The fourth-order valence-electron chi connectivity index (χ4n) is 2.77. The van der Waals surface area contributed by atoms with Crippen molar-refractivity contribution in [2.24, 2.45) is 5.92 Å². The topological polar surface area (TPSA) is 42.0 Å². The van der Waals surface area contributed by atoms with Gasteiger partial charge in [-0.15, -0.1) is 0 Å². The molecule has 0 aromatic carbocycles. The number of piperidine rings is 1. The smallest absolute Gasteiger partial charge is 0.236 e. The number of ether oxygens (including phenoxy) is 2. The third-order valence-electron chi connectivity index (χ3n) is 4.18. The number of amides is 1. The van der Waals surface area contributed by atoms with Crippen molar-refractivity contribution >= 4 is 5.91 Å². The summed E-state index contributed by atoms with van der Waals surface area (Å²) in [7, 11) is 2.02. The van der Waals surface area contributed by atoms with Crippen LogP contribution in [0.3, 0.4) is 0 Å². The molecule has 2 saturated heterocycles. The van der Waals surface area contributed by atoms with Crippen molar-refractivity contribution in [1.29, 1.82) is 0 Å². The highest BCUT2D eigenvalue weighted by Gasteiger charge is 2.40. The molecule has 0 atom stereocenters. The average Bonchev–Trinajstić information content (AvgIpc) is 2.85. The van der Waals surface area contributed by atoms with Crippen LogP contribution in [0, 0.1) is 5.92 Å². The molecule has 116 valence electrons. The maximum Gasteiger partial charge on any atom is 0.236 e. The lowest BCUT2D eigenvalue weighted by molar-refractivity contribution is -0.187. The Kier molecular flexibility index (Phi) is 5.41. The summed E-state index contributed by atoms with van der Waals surface area (Å²) >= 11 is 0. The molecule has 2 fully saturated rings. The quantitative estimate of drug-likeness (QED) is 0.764. The van der Waals surface area contributed by atoms with Crippen LogP contribution in [0.25, 0.3) is 0 Å². The van der Waals surface area contributed by atoms with E-state index in [0.29, 0.717) is 25.7 Å². The van der Waals surface area contributed by atoms with Gasteiger partial charge >= 0.3 is 0 Å². The number of carbonyl (C=O) groups is 1. The first-order chi connectivity index (χ1) is 9.51. The van der Waals surface area contributed by atoms with Crippen LogP contribution in [0.2, 0.25) is 0 Å². The van der Waals surface area contributed by atoms with Gasteiger partial charge < -0.3 is 14.4 Å². The van der Waals surface area contributed by atoms with E-state index in [1.54, 1.807) is 0 Å². The fraction of sp³-hybridized carbons (Fsp3) is 0.933. The minimum atomic E-state index is -0.389. The zero-order valence-electron chi connectivity index (χ0n) is 13.1. The molecule has 0 N–H and O–H groups in total. The monoisotopic (exact) mass is 284 g/mol. The highest BCUT2D eigenvalue weighted by atomic mass is 16.7. The van der Waals surface area contributed by atoms with Gasteiger partial charge in [0.25, 0.3) is 0 Å². The average molecular weight is 284 g/mol. The Morgan fingerprint density at radius 3 is 2.40 bits per heavy atom. The van der Waals surface area contributed by atoms with E-state index in [0.717, 1.165) is 38.9 Å². The highest BCUT2D eigenvalue weighted by Crippen LogP contribution is 2.31. The molecule has 2 aliphatic rings. The molecule has 1 spiro atoms. The lowest BCUT2D eigenvalue weighted by atomic mass is 10.0. The van der Waals surface area contributed by atoms with Crippen LogP contribution in [-0.4, -0.2) is 67.9 Å². The molecule has 2 aliphatic heterocycles. The van der Waals surface area contributed by atoms with Gasteiger partial charge in [-0.2, -0.15) is 0 Å². The van der Waals surface area contributed by atoms with E-state index < -0.39 is 0 Å². The summed E-state index contributed by atoms with van der Waals surface area (Å²) in [5, 5.41) is 0. The number of hydrogen-bond acceptors (Lipinski definition) is 4. The van der Waals surface area contributed by atoms with Crippen LogP contribution in [0.15, 0.2) is 0 Å². The van der Waals surface area contributed by atoms with Crippen molar-refractivity contribution in [1.82, 2.24) is 9.80 Å². The van der Waals surface area contributed by atoms with Crippen molar-refractivity contribution in [3.63, 3.8) is 0 Å². The van der Waals surface area contributed by atoms with Crippen molar-refractivity contribution < 1.29 is 14.3 Å². The molecule has 0 aromatic rings. The van der Waals surface area contributed by atoms with Crippen molar-refractivity contribution in [3.8, 4) is 0 Å². The normalized spacial score (nSPS) is 22.1. The van der Waals surface area contributed by atoms with E-state index >= 15 is 0 Å². The number of likely N-dealkylation sites (N-methyl/N-ethyl adjacent to an activating group) is 1. The first-order valence-corrected chi connectivity index (χ1v) is 7.75. The van der Waals surface area contributed by atoms with Crippen LogP contribution in [0.5, 0.6) is 0 Å². The molecule has 0 radical (unpaired) electrons. The third-order valence-corrected chi connectivity index (χ3v) is 4.18. The zero-order chi connectivity index (χ0) is 14.6. The summed E-state index contributed by atoms with van der Waals surface area (Å²) in [4.78, 5) is 16.3. The minimum absolute atomic E-state index is 0.226. The first kappa shape index (κ1) is 15.7. The zero-order valence-corrected chi connectivity index (χ0v) is 13.1. The molecular formula is C15H28N2O3. The molecule has 0 aliphatic carbocycles. The minimum Gasteiger partial charge on any atom is -0.347 e. The molecular weight excluding hydrogens is 256 g/mol. The van der Waals surface area contributed by atoms with Crippen molar-refractivity contribution in [2.75, 3.05) is 46.4 Å². The van der Waals surface area contributed by atoms with E-state index in [1.807, 2.05) is 11.9 Å². The molecule has 20 heavy (non-hydrogen) atoms. The Bertz CT molecular complexity index is 317. The van der Waals surface area contributed by atoms with Crippen LogP contribution in [0.4, 0.5) is 0 Å². The summed E-state index contributed by atoms with van der Waals surface area (Å²) in [6, 6.07) is 0. The summed E-state index contributed by atoms with van der Waals surface area (Å²) in [5.41, 5.74) is 0. The predicted molar refractivity (Wildman–Crippen MR) is 77.4 cm³/mol. The molecule has 1 amide bonds. The summed E-state index contributed by atoms with van der Waals surface area (Å²) in [5.74, 6) is 0.517. The number of hydrogen-bond donors (Lipinski definition) is 0. The van der Waals surface area contributed by atoms with E-state index in [-0.39, 0.29) is 11.7 Å². The van der Waals surface area contributed by atoms with Crippen molar-refractivity contribution in [3.05, 3.63) is 0 Å². The Hall–Kier alpha value is -0.650. The van der Waals surface area contributed by atoms with Crippen molar-refractivity contribution in [2.45, 2.75) is 38.9 Å². The second-order valence-electron chi connectivity index (χ2n) is 6.41. The first-order valence-electron chi connectivity index (χ1n) is 7.75. The largest absolute Gasteiger partial charge is 0.347 e. The molecule has 0 saturated carbocycles. The predicted octanol–water partition coefficient (Wildman–Crippen LogP) is 1.33. The van der Waals surface area contributed by atoms with Gasteiger partial charge in [-0.3, -0.25) is 9.69 Å². The van der Waals surface area contributed by atoms with E-state index in [9.17, 15) is 4.79 Å². The van der Waals surface area contributed by atoms with Crippen LogP contribution in [-0.2, 0) is 14.3 Å². The Balaban J connectivity index is 1.71. The van der Waals surface area contributed by atoms with E-state index in [2.05, 4.69) is 18.7 Å².